The van der Waals surface area contributed by atoms with Gasteiger partial charge in [0.25, 0.3) is 0 Å². The fourth-order valence-corrected chi connectivity index (χ4v) is 3.33. The molecule has 2 heterocycles. The Balaban J connectivity index is 2.00. The van der Waals surface area contributed by atoms with Crippen LogP contribution >= 0.6 is 22.9 Å². The minimum atomic E-state index is 0.172. The number of nitrogens with zero attached hydrogens (tertiary/aromatic N) is 2. The molecule has 0 amide bonds. The molecular weight excluding hydrogens is 290 g/mol. The van der Waals surface area contributed by atoms with Gasteiger partial charge in [0, 0.05) is 21.5 Å². The summed E-state index contributed by atoms with van der Waals surface area (Å²) in [7, 11) is 0. The lowest BCUT2D eigenvalue weighted by Gasteiger charge is -2.16. The molecule has 0 aliphatic rings. The lowest BCUT2D eigenvalue weighted by molar-refractivity contribution is 0.892. The monoisotopic (exact) mass is 303 g/mol. The molecule has 0 aliphatic heterocycles. The van der Waals surface area contributed by atoms with Crippen molar-refractivity contribution in [1.82, 2.24) is 9.97 Å². The molecule has 0 aliphatic carbocycles. The van der Waals surface area contributed by atoms with E-state index in [1.165, 1.54) is 4.88 Å². The minimum Gasteiger partial charge on any atom is -0.376 e. The Labute approximate surface area is 126 Å². The molecule has 0 spiro atoms. The highest BCUT2D eigenvalue weighted by Gasteiger charge is 2.13. The van der Waals surface area contributed by atoms with Crippen molar-refractivity contribution in [2.75, 3.05) is 5.32 Å². The van der Waals surface area contributed by atoms with E-state index >= 15 is 0 Å². The first-order valence-electron chi connectivity index (χ1n) is 6.36. The van der Waals surface area contributed by atoms with Crippen LogP contribution in [-0.2, 0) is 0 Å². The number of hydrogen-bond donors (Lipinski definition) is 1. The minimum absolute atomic E-state index is 0.172. The number of halogens is 1. The highest BCUT2D eigenvalue weighted by molar-refractivity contribution is 7.09. The van der Waals surface area contributed by atoms with E-state index in [1.807, 2.05) is 36.7 Å². The number of nitrogens with one attached hydrogen (secondary N) is 1. The predicted octanol–water partition coefficient (Wildman–Crippen LogP) is 4.83. The van der Waals surface area contributed by atoms with Gasteiger partial charge in [0.2, 0.25) is 0 Å². The lowest BCUT2D eigenvalue weighted by Crippen LogP contribution is -2.07. The molecule has 3 aromatic rings. The van der Waals surface area contributed by atoms with Gasteiger partial charge < -0.3 is 5.32 Å². The second-order valence-electron chi connectivity index (χ2n) is 4.70. The van der Waals surface area contributed by atoms with Gasteiger partial charge in [-0.3, -0.25) is 4.98 Å². The standard InChI is InChI=1S/C15H14ClN3S/c1-9-15(20-8-18-9)10(2)19-13-7-12(16)6-11-4-3-5-17-14(11)13/h3-8,10,19H,1-2H3. The van der Waals surface area contributed by atoms with Crippen LogP contribution in [0.3, 0.4) is 0 Å². The highest BCUT2D eigenvalue weighted by atomic mass is 35.5. The van der Waals surface area contributed by atoms with Gasteiger partial charge in [-0.15, -0.1) is 11.3 Å². The van der Waals surface area contributed by atoms with Gasteiger partial charge in [-0.05, 0) is 32.0 Å². The van der Waals surface area contributed by atoms with Crippen molar-refractivity contribution in [3.63, 3.8) is 0 Å². The number of thiazole rings is 1. The van der Waals surface area contributed by atoms with Crippen LogP contribution in [0, 0.1) is 6.92 Å². The molecule has 0 bridgehead atoms. The molecule has 1 N–H and O–H groups in total. The van der Waals surface area contributed by atoms with Crippen molar-refractivity contribution in [3.8, 4) is 0 Å². The molecule has 0 saturated heterocycles. The van der Waals surface area contributed by atoms with Gasteiger partial charge in [-0.2, -0.15) is 0 Å². The quantitative estimate of drug-likeness (QED) is 0.753. The number of fused-ring (bicyclic) bond motifs is 1. The Bertz CT molecular complexity index is 754. The van der Waals surface area contributed by atoms with Crippen LogP contribution in [0.25, 0.3) is 10.9 Å². The number of rotatable bonds is 3. The number of benzene rings is 1. The Hall–Kier alpha value is -1.65. The van der Waals surface area contributed by atoms with Crippen LogP contribution in [0.1, 0.15) is 23.5 Å². The number of anilines is 1. The number of pyridine rings is 1. The van der Waals surface area contributed by atoms with Crippen LogP contribution in [0.5, 0.6) is 0 Å². The number of hydrogen-bond acceptors (Lipinski definition) is 4. The zero-order valence-corrected chi connectivity index (χ0v) is 12.8. The Morgan fingerprint density at radius 2 is 2.15 bits per heavy atom. The van der Waals surface area contributed by atoms with Crippen molar-refractivity contribution in [2.45, 2.75) is 19.9 Å². The molecule has 1 atom stereocenters. The van der Waals surface area contributed by atoms with Crippen LogP contribution in [-0.4, -0.2) is 9.97 Å². The second kappa shape index (κ2) is 5.38. The third kappa shape index (κ3) is 2.49. The molecule has 3 rings (SSSR count). The average molecular weight is 304 g/mol. The van der Waals surface area contributed by atoms with E-state index in [0.717, 1.165) is 22.3 Å². The third-order valence-corrected chi connectivity index (χ3v) is 4.55. The Morgan fingerprint density at radius 3 is 2.90 bits per heavy atom. The molecule has 0 saturated carbocycles. The zero-order chi connectivity index (χ0) is 14.1. The largest absolute Gasteiger partial charge is 0.376 e. The number of aryl methyl sites for hydroxylation is 1. The average Bonchev–Trinajstić information content (AvgIpc) is 2.85. The molecule has 0 radical (unpaired) electrons. The van der Waals surface area contributed by atoms with Crippen molar-refractivity contribution in [3.05, 3.63) is 51.6 Å². The normalized spacial score (nSPS) is 12.6. The first-order chi connectivity index (χ1) is 9.65. The summed E-state index contributed by atoms with van der Waals surface area (Å²) in [6.07, 6.45) is 1.80. The molecule has 20 heavy (non-hydrogen) atoms. The summed E-state index contributed by atoms with van der Waals surface area (Å²) in [5, 5.41) is 5.24. The van der Waals surface area contributed by atoms with Gasteiger partial charge in [0.15, 0.2) is 0 Å². The molecule has 1 unspecified atom stereocenters. The maximum Gasteiger partial charge on any atom is 0.0934 e. The summed E-state index contributed by atoms with van der Waals surface area (Å²) in [6.45, 7) is 4.15. The van der Waals surface area contributed by atoms with E-state index in [1.54, 1.807) is 17.5 Å². The third-order valence-electron chi connectivity index (χ3n) is 3.22. The predicted molar refractivity (Wildman–Crippen MR) is 85.6 cm³/mol. The molecule has 2 aromatic heterocycles. The van der Waals surface area contributed by atoms with Crippen LogP contribution < -0.4 is 5.32 Å². The summed E-state index contributed by atoms with van der Waals surface area (Å²) >= 11 is 7.85. The van der Waals surface area contributed by atoms with E-state index in [-0.39, 0.29) is 6.04 Å². The van der Waals surface area contributed by atoms with Crippen LogP contribution in [0.4, 0.5) is 5.69 Å². The van der Waals surface area contributed by atoms with Gasteiger partial charge in [-0.25, -0.2) is 4.98 Å². The Morgan fingerprint density at radius 1 is 1.30 bits per heavy atom. The maximum absolute atomic E-state index is 6.19. The van der Waals surface area contributed by atoms with Crippen LogP contribution in [0.15, 0.2) is 36.0 Å². The van der Waals surface area contributed by atoms with Crippen molar-refractivity contribution >= 4 is 39.5 Å². The highest BCUT2D eigenvalue weighted by Crippen LogP contribution is 2.31. The fourth-order valence-electron chi connectivity index (χ4n) is 2.29. The summed E-state index contributed by atoms with van der Waals surface area (Å²) in [5.41, 5.74) is 4.82. The molecule has 102 valence electrons. The molecule has 0 fully saturated rings. The molecular formula is C15H14ClN3S. The maximum atomic E-state index is 6.19. The van der Waals surface area contributed by atoms with Crippen molar-refractivity contribution < 1.29 is 0 Å². The van der Waals surface area contributed by atoms with E-state index in [0.29, 0.717) is 5.02 Å². The summed E-state index contributed by atoms with van der Waals surface area (Å²) < 4.78 is 0. The smallest absolute Gasteiger partial charge is 0.0934 e. The first-order valence-corrected chi connectivity index (χ1v) is 7.61. The summed E-state index contributed by atoms with van der Waals surface area (Å²) in [5.74, 6) is 0. The first kappa shape index (κ1) is 13.3. The van der Waals surface area contributed by atoms with Gasteiger partial charge in [0.05, 0.1) is 28.5 Å². The molecule has 5 heteroatoms. The van der Waals surface area contributed by atoms with E-state index < -0.39 is 0 Å². The zero-order valence-electron chi connectivity index (χ0n) is 11.2. The fraction of sp³-hybridized carbons (Fsp3) is 0.200. The SMILES string of the molecule is Cc1ncsc1C(C)Nc1cc(Cl)cc2cccnc12. The van der Waals surface area contributed by atoms with Crippen LogP contribution in [0.2, 0.25) is 5.02 Å². The Kier molecular flexibility index (Phi) is 3.59. The number of aromatic nitrogens is 2. The van der Waals surface area contributed by atoms with Gasteiger partial charge >= 0.3 is 0 Å². The van der Waals surface area contributed by atoms with Gasteiger partial charge in [-0.1, -0.05) is 17.7 Å². The van der Waals surface area contributed by atoms with Gasteiger partial charge in [0.1, 0.15) is 0 Å². The molecule has 1 aromatic carbocycles. The summed E-state index contributed by atoms with van der Waals surface area (Å²) in [4.78, 5) is 9.97. The van der Waals surface area contributed by atoms with E-state index in [9.17, 15) is 0 Å². The second-order valence-corrected chi connectivity index (χ2v) is 6.02. The van der Waals surface area contributed by atoms with E-state index in [2.05, 4.69) is 22.2 Å². The van der Waals surface area contributed by atoms with E-state index in [4.69, 9.17) is 11.6 Å². The topological polar surface area (TPSA) is 37.8 Å². The summed E-state index contributed by atoms with van der Waals surface area (Å²) in [6, 6.07) is 7.95. The van der Waals surface area contributed by atoms with Crippen molar-refractivity contribution in [2.24, 2.45) is 0 Å². The molecule has 3 nitrogen and oxygen atoms in total. The van der Waals surface area contributed by atoms with Crippen molar-refractivity contribution in [1.29, 1.82) is 0 Å². The lowest BCUT2D eigenvalue weighted by atomic mass is 10.1.